The van der Waals surface area contributed by atoms with Gasteiger partial charge >= 0.3 is 0 Å². The van der Waals surface area contributed by atoms with E-state index in [-0.39, 0.29) is 5.91 Å². The Labute approximate surface area is 62.5 Å². The van der Waals surface area contributed by atoms with Crippen molar-refractivity contribution in [1.29, 1.82) is 0 Å². The van der Waals surface area contributed by atoms with Gasteiger partial charge in [-0.1, -0.05) is 6.08 Å². The van der Waals surface area contributed by atoms with Gasteiger partial charge in [-0.05, 0) is 26.8 Å². The summed E-state index contributed by atoms with van der Waals surface area (Å²) >= 11 is 0. The van der Waals surface area contributed by atoms with E-state index in [9.17, 15) is 4.79 Å². The number of likely N-dealkylation sites (N-methyl/N-ethyl adjacent to an activating group) is 1. The van der Waals surface area contributed by atoms with Crippen LogP contribution in [-0.2, 0) is 4.79 Å². The van der Waals surface area contributed by atoms with Crippen LogP contribution in [0.15, 0.2) is 12.2 Å². The van der Waals surface area contributed by atoms with E-state index in [1.165, 1.54) is 0 Å². The van der Waals surface area contributed by atoms with Gasteiger partial charge in [0.1, 0.15) is 0 Å². The van der Waals surface area contributed by atoms with Crippen LogP contribution in [0.4, 0.5) is 0 Å². The maximum atomic E-state index is 11.0. The lowest BCUT2D eigenvalue weighted by Crippen LogP contribution is -2.28. The van der Waals surface area contributed by atoms with Crippen molar-refractivity contribution in [3.63, 3.8) is 0 Å². The first kappa shape index (κ1) is 9.21. The Kier molecular flexibility index (Phi) is 4.63. The number of hydrogen-bond donors (Lipinski definition) is 0. The highest BCUT2D eigenvalue weighted by molar-refractivity contribution is 5.87. The van der Waals surface area contributed by atoms with E-state index in [1.54, 1.807) is 17.1 Å². The summed E-state index contributed by atoms with van der Waals surface area (Å²) in [5.41, 5.74) is 0. The molecule has 0 aliphatic carbocycles. The van der Waals surface area contributed by atoms with Crippen LogP contribution in [0.1, 0.15) is 20.8 Å². The zero-order valence-corrected chi connectivity index (χ0v) is 6.92. The summed E-state index contributed by atoms with van der Waals surface area (Å²) in [7, 11) is 0. The van der Waals surface area contributed by atoms with Crippen LogP contribution in [0, 0.1) is 0 Å². The van der Waals surface area contributed by atoms with Crippen molar-refractivity contribution in [3.8, 4) is 0 Å². The summed E-state index contributed by atoms with van der Waals surface area (Å²) in [4.78, 5) is 12.8. The average Bonchev–Trinajstić information content (AvgIpc) is 1.91. The predicted molar refractivity (Wildman–Crippen MR) is 42.7 cm³/mol. The van der Waals surface area contributed by atoms with Gasteiger partial charge in [0.05, 0.1) is 0 Å². The van der Waals surface area contributed by atoms with E-state index in [0.717, 1.165) is 13.1 Å². The highest BCUT2D eigenvalue weighted by Gasteiger charge is 2.02. The Hall–Kier alpha value is -0.790. The van der Waals surface area contributed by atoms with Crippen molar-refractivity contribution >= 4 is 5.91 Å². The highest BCUT2D eigenvalue weighted by Crippen LogP contribution is 1.89. The number of rotatable bonds is 3. The van der Waals surface area contributed by atoms with E-state index in [0.29, 0.717) is 0 Å². The van der Waals surface area contributed by atoms with Crippen molar-refractivity contribution in [3.05, 3.63) is 12.2 Å². The number of carbonyl (C=O) groups excluding carboxylic acids is 1. The van der Waals surface area contributed by atoms with E-state index < -0.39 is 0 Å². The first-order valence-electron chi connectivity index (χ1n) is 3.67. The minimum Gasteiger partial charge on any atom is -0.340 e. The molecule has 58 valence electrons. The third-order valence-electron chi connectivity index (χ3n) is 1.38. The molecule has 2 heteroatoms. The molecule has 0 N–H and O–H groups in total. The van der Waals surface area contributed by atoms with Crippen LogP contribution in [-0.4, -0.2) is 23.9 Å². The molecule has 2 nitrogen and oxygen atoms in total. The lowest BCUT2D eigenvalue weighted by molar-refractivity contribution is -0.125. The van der Waals surface area contributed by atoms with Crippen molar-refractivity contribution in [1.82, 2.24) is 4.90 Å². The lowest BCUT2D eigenvalue weighted by Gasteiger charge is -2.15. The number of hydrogen-bond acceptors (Lipinski definition) is 1. The summed E-state index contributed by atoms with van der Waals surface area (Å²) in [5, 5.41) is 0. The zero-order valence-electron chi connectivity index (χ0n) is 6.92. The maximum absolute atomic E-state index is 11.0. The summed E-state index contributed by atoms with van der Waals surface area (Å²) in [6, 6.07) is 0. The van der Waals surface area contributed by atoms with Crippen LogP contribution in [0.3, 0.4) is 0 Å². The summed E-state index contributed by atoms with van der Waals surface area (Å²) in [6.07, 6.45) is 3.35. The molecule has 0 spiro atoms. The largest absolute Gasteiger partial charge is 0.340 e. The molecule has 0 unspecified atom stereocenters. The van der Waals surface area contributed by atoms with Crippen molar-refractivity contribution < 1.29 is 4.79 Å². The number of allylic oxidation sites excluding steroid dienone is 1. The van der Waals surface area contributed by atoms with Gasteiger partial charge in [-0.25, -0.2) is 0 Å². The minimum absolute atomic E-state index is 0.104. The molecule has 0 saturated carbocycles. The van der Waals surface area contributed by atoms with Crippen LogP contribution in [0.25, 0.3) is 0 Å². The van der Waals surface area contributed by atoms with E-state index in [2.05, 4.69) is 0 Å². The van der Waals surface area contributed by atoms with Crippen molar-refractivity contribution in [2.45, 2.75) is 20.8 Å². The highest BCUT2D eigenvalue weighted by atomic mass is 16.2. The molecule has 0 atom stereocenters. The molecule has 0 aromatic carbocycles. The zero-order chi connectivity index (χ0) is 7.98. The summed E-state index contributed by atoms with van der Waals surface area (Å²) < 4.78 is 0. The van der Waals surface area contributed by atoms with Crippen molar-refractivity contribution in [2.24, 2.45) is 0 Å². The Morgan fingerprint density at radius 2 is 1.90 bits per heavy atom. The molecule has 0 rings (SSSR count). The Bertz CT molecular complexity index is 125. The molecule has 0 bridgehead atoms. The molecule has 0 radical (unpaired) electrons. The molecule has 0 fully saturated rings. The quantitative estimate of drug-likeness (QED) is 0.544. The van der Waals surface area contributed by atoms with Crippen LogP contribution >= 0.6 is 0 Å². The third kappa shape index (κ3) is 2.67. The van der Waals surface area contributed by atoms with E-state index in [1.807, 2.05) is 20.8 Å². The Morgan fingerprint density at radius 3 is 2.20 bits per heavy atom. The second kappa shape index (κ2) is 5.03. The molecule has 0 aliphatic rings. The smallest absolute Gasteiger partial charge is 0.246 e. The van der Waals surface area contributed by atoms with Crippen molar-refractivity contribution in [2.75, 3.05) is 13.1 Å². The minimum atomic E-state index is 0.104. The van der Waals surface area contributed by atoms with Gasteiger partial charge in [-0.3, -0.25) is 4.79 Å². The van der Waals surface area contributed by atoms with Gasteiger partial charge in [-0.15, -0.1) is 0 Å². The van der Waals surface area contributed by atoms with Gasteiger partial charge < -0.3 is 4.90 Å². The van der Waals surface area contributed by atoms with Gasteiger partial charge in [0.15, 0.2) is 0 Å². The van der Waals surface area contributed by atoms with Crippen LogP contribution in [0.5, 0.6) is 0 Å². The van der Waals surface area contributed by atoms with Gasteiger partial charge in [0.2, 0.25) is 5.91 Å². The molecular formula is C8H15NO. The first-order valence-corrected chi connectivity index (χ1v) is 3.67. The molecule has 0 aromatic rings. The lowest BCUT2D eigenvalue weighted by atomic mass is 10.4. The fourth-order valence-electron chi connectivity index (χ4n) is 0.783. The molecule has 0 aliphatic heterocycles. The average molecular weight is 141 g/mol. The molecule has 0 aromatic heterocycles. The van der Waals surface area contributed by atoms with Gasteiger partial charge in [0.25, 0.3) is 0 Å². The normalized spacial score (nSPS) is 10.3. The number of amides is 1. The Balaban J connectivity index is 3.89. The molecule has 0 saturated heterocycles. The number of nitrogens with zero attached hydrogens (tertiary/aromatic N) is 1. The Morgan fingerprint density at radius 1 is 1.40 bits per heavy atom. The summed E-state index contributed by atoms with van der Waals surface area (Å²) in [5.74, 6) is 0.104. The van der Waals surface area contributed by atoms with Gasteiger partial charge in [-0.2, -0.15) is 0 Å². The predicted octanol–water partition coefficient (Wildman–Crippen LogP) is 1.43. The third-order valence-corrected chi connectivity index (χ3v) is 1.38. The SMILES string of the molecule is C/C=C/C(=O)N(CC)CC. The second-order valence-corrected chi connectivity index (χ2v) is 2.01. The molecule has 1 amide bonds. The summed E-state index contributed by atoms with van der Waals surface area (Å²) in [6.45, 7) is 7.39. The first-order chi connectivity index (χ1) is 4.76. The maximum Gasteiger partial charge on any atom is 0.246 e. The second-order valence-electron chi connectivity index (χ2n) is 2.01. The van der Waals surface area contributed by atoms with E-state index >= 15 is 0 Å². The van der Waals surface area contributed by atoms with Crippen LogP contribution in [0.2, 0.25) is 0 Å². The number of carbonyl (C=O) groups is 1. The topological polar surface area (TPSA) is 20.3 Å². The van der Waals surface area contributed by atoms with Crippen LogP contribution < -0.4 is 0 Å². The van der Waals surface area contributed by atoms with E-state index in [4.69, 9.17) is 0 Å². The fourth-order valence-corrected chi connectivity index (χ4v) is 0.783. The molecule has 0 heterocycles. The van der Waals surface area contributed by atoms with Gasteiger partial charge in [0, 0.05) is 13.1 Å². The fraction of sp³-hybridized carbons (Fsp3) is 0.625. The standard InChI is InChI=1S/C8H15NO/c1-4-7-8(10)9(5-2)6-3/h4,7H,5-6H2,1-3H3/b7-4+. The molecule has 10 heavy (non-hydrogen) atoms. The monoisotopic (exact) mass is 141 g/mol. The molecular weight excluding hydrogens is 126 g/mol.